The van der Waals surface area contributed by atoms with Gasteiger partial charge in [0.1, 0.15) is 22.7 Å². The number of sulfonamides is 1. The van der Waals surface area contributed by atoms with Gasteiger partial charge in [-0.2, -0.15) is 0 Å². The van der Waals surface area contributed by atoms with Gasteiger partial charge in [-0.15, -0.1) is 0 Å². The number of aromatic nitrogens is 2. The standard InChI is InChI=1S/C51H62ClN7O9S/c1-51(2)18-14-37(42(31-51)35-8-10-38(52)11-9-35)33-57-20-22-58(23-21-57)39-12-13-41(50(60)65-3)45(28-39)68-46-27-36-15-19-54-49(36)56-43(46)7-5-4-6-24-67-47-30-40(69(53,63)64)29-44(59(61)62)48(47)55-32-34-16-25-66-26-17-34/h8-13,15,19,27-30,34,55H,4-7,14,16-18,20-26,31-33H2,1-3H3,(H,54,56)(H2,53,63,64). The van der Waals surface area contributed by atoms with Crippen molar-refractivity contribution in [1.82, 2.24) is 14.9 Å². The molecule has 0 amide bonds. The lowest BCUT2D eigenvalue weighted by molar-refractivity contribution is -0.384. The number of piperazine rings is 1. The summed E-state index contributed by atoms with van der Waals surface area (Å²) in [5.74, 6) is 0.644. The van der Waals surface area contributed by atoms with Crippen LogP contribution in [0.25, 0.3) is 16.6 Å². The van der Waals surface area contributed by atoms with E-state index >= 15 is 0 Å². The van der Waals surface area contributed by atoms with Gasteiger partial charge in [0.25, 0.3) is 5.69 Å². The molecule has 4 N–H and O–H groups in total. The molecule has 0 radical (unpaired) electrons. The van der Waals surface area contributed by atoms with Gasteiger partial charge in [-0.05, 0) is 117 Å². The van der Waals surface area contributed by atoms with Crippen LogP contribution in [0.15, 0.2) is 83.4 Å². The summed E-state index contributed by atoms with van der Waals surface area (Å²) in [7, 11) is -2.91. The monoisotopic (exact) mass is 983 g/mol. The number of carbonyl (C=O) groups excluding carboxylic acids is 1. The molecule has 18 heteroatoms. The highest BCUT2D eigenvalue weighted by Gasteiger charge is 2.30. The molecule has 2 aromatic heterocycles. The maximum absolute atomic E-state index is 13.2. The molecule has 2 aliphatic heterocycles. The van der Waals surface area contributed by atoms with Gasteiger partial charge in [-0.25, -0.2) is 23.3 Å². The molecular formula is C51H62ClN7O9S. The number of nitrogens with two attached hydrogens (primary N) is 1. The Hall–Kier alpha value is -5.72. The van der Waals surface area contributed by atoms with Crippen LogP contribution in [0, 0.1) is 21.4 Å². The van der Waals surface area contributed by atoms with Crippen LogP contribution in [0.1, 0.15) is 86.8 Å². The van der Waals surface area contributed by atoms with Crippen molar-refractivity contribution >= 4 is 61.3 Å². The van der Waals surface area contributed by atoms with E-state index in [1.807, 2.05) is 42.6 Å². The second-order valence-electron chi connectivity index (χ2n) is 19.0. The summed E-state index contributed by atoms with van der Waals surface area (Å²) in [4.78, 5) is 37.3. The van der Waals surface area contributed by atoms with E-state index in [-0.39, 0.29) is 29.4 Å². The first kappa shape index (κ1) is 49.7. The number of fused-ring (bicyclic) bond motifs is 1. The third-order valence-electron chi connectivity index (χ3n) is 13.5. The summed E-state index contributed by atoms with van der Waals surface area (Å²) in [6, 6.07) is 19.9. The quantitative estimate of drug-likeness (QED) is 0.0305. The largest absolute Gasteiger partial charge is 0.491 e. The van der Waals surface area contributed by atoms with E-state index in [1.54, 1.807) is 6.07 Å². The number of esters is 1. The zero-order chi connectivity index (χ0) is 48.7. The number of nitrogens with zero attached hydrogens (tertiary/aromatic N) is 4. The zero-order valence-corrected chi connectivity index (χ0v) is 41.1. The lowest BCUT2D eigenvalue weighted by atomic mass is 9.72. The van der Waals surface area contributed by atoms with Crippen LogP contribution in [0.4, 0.5) is 17.1 Å². The molecule has 0 saturated carbocycles. The number of methoxy groups -OCH3 is 1. The van der Waals surface area contributed by atoms with Crippen LogP contribution < -0.4 is 24.8 Å². The number of allylic oxidation sites excluding steroid dienone is 1. The Labute approximate surface area is 408 Å². The Kier molecular flexibility index (Phi) is 15.8. The molecule has 2 saturated heterocycles. The summed E-state index contributed by atoms with van der Waals surface area (Å²) in [5.41, 5.74) is 6.76. The number of benzene rings is 3. The van der Waals surface area contributed by atoms with Crippen molar-refractivity contribution in [2.75, 3.05) is 76.4 Å². The van der Waals surface area contributed by atoms with Crippen LogP contribution >= 0.6 is 11.6 Å². The molecule has 69 heavy (non-hydrogen) atoms. The van der Waals surface area contributed by atoms with Crippen LogP contribution in [0.3, 0.4) is 0 Å². The van der Waals surface area contributed by atoms with Crippen molar-refractivity contribution in [3.05, 3.63) is 110 Å². The predicted octanol–water partition coefficient (Wildman–Crippen LogP) is 9.77. The molecule has 3 aromatic carbocycles. The fraction of sp³-hybridized carbons (Fsp3) is 0.451. The number of unbranched alkanes of at least 4 members (excludes halogenated alkanes) is 2. The number of aryl methyl sites for hydroxylation is 1. The van der Waals surface area contributed by atoms with E-state index in [9.17, 15) is 23.3 Å². The first-order valence-electron chi connectivity index (χ1n) is 23.7. The van der Waals surface area contributed by atoms with Gasteiger partial charge in [0.2, 0.25) is 10.0 Å². The Morgan fingerprint density at radius 2 is 1.77 bits per heavy atom. The highest BCUT2D eigenvalue weighted by Crippen LogP contribution is 2.44. The Morgan fingerprint density at radius 1 is 1.00 bits per heavy atom. The normalized spacial score (nSPS) is 17.0. The van der Waals surface area contributed by atoms with Crippen molar-refractivity contribution < 1.29 is 37.1 Å². The number of aromatic amines is 1. The number of primary sulfonamides is 1. The number of pyridine rings is 1. The number of nitro benzene ring substituents is 1. The first-order valence-corrected chi connectivity index (χ1v) is 25.7. The second-order valence-corrected chi connectivity index (χ2v) is 21.0. The van der Waals surface area contributed by atoms with Crippen molar-refractivity contribution in [2.45, 2.75) is 76.5 Å². The predicted molar refractivity (Wildman–Crippen MR) is 268 cm³/mol. The number of hydrogen-bond acceptors (Lipinski definition) is 13. The lowest BCUT2D eigenvalue weighted by Gasteiger charge is -2.39. The summed E-state index contributed by atoms with van der Waals surface area (Å²) >= 11 is 6.26. The third-order valence-corrected chi connectivity index (χ3v) is 14.6. The molecule has 3 aliphatic rings. The van der Waals surface area contributed by atoms with Gasteiger partial charge < -0.3 is 34.1 Å². The summed E-state index contributed by atoms with van der Waals surface area (Å²) in [6.45, 7) is 10.8. The van der Waals surface area contributed by atoms with Crippen molar-refractivity contribution in [3.8, 4) is 17.2 Å². The molecule has 16 nitrogen and oxygen atoms in total. The minimum atomic E-state index is -4.26. The minimum Gasteiger partial charge on any atom is -0.491 e. The van der Waals surface area contributed by atoms with Gasteiger partial charge in [0.15, 0.2) is 11.4 Å². The molecule has 0 spiro atoms. The molecule has 2 fully saturated rings. The number of anilines is 2. The number of hydrogen-bond donors (Lipinski definition) is 3. The number of ether oxygens (including phenoxy) is 4. The molecule has 0 atom stereocenters. The number of carbonyl (C=O) groups is 1. The summed E-state index contributed by atoms with van der Waals surface area (Å²) < 4.78 is 48.1. The number of nitro groups is 1. The van der Waals surface area contributed by atoms with E-state index in [0.717, 1.165) is 87.0 Å². The van der Waals surface area contributed by atoms with Gasteiger partial charge >= 0.3 is 5.97 Å². The molecule has 5 aromatic rings. The average molecular weight is 985 g/mol. The van der Waals surface area contributed by atoms with E-state index in [2.05, 4.69) is 46.1 Å². The molecular weight excluding hydrogens is 922 g/mol. The Morgan fingerprint density at radius 3 is 2.49 bits per heavy atom. The van der Waals surface area contributed by atoms with Gasteiger partial charge in [-0.3, -0.25) is 15.0 Å². The molecule has 368 valence electrons. The number of nitrogens with one attached hydrogen (secondary N) is 2. The number of rotatable bonds is 19. The smallest absolute Gasteiger partial charge is 0.341 e. The molecule has 0 bridgehead atoms. The minimum absolute atomic E-state index is 0.0467. The van der Waals surface area contributed by atoms with Crippen LogP contribution in [-0.4, -0.2) is 100 Å². The van der Waals surface area contributed by atoms with Crippen molar-refractivity contribution in [3.63, 3.8) is 0 Å². The molecule has 1 aliphatic carbocycles. The van der Waals surface area contributed by atoms with E-state index in [0.29, 0.717) is 73.8 Å². The van der Waals surface area contributed by atoms with E-state index in [4.69, 9.17) is 40.7 Å². The third kappa shape index (κ3) is 12.6. The summed E-state index contributed by atoms with van der Waals surface area (Å²) in [5, 5.41) is 22.3. The topological polar surface area (TPSA) is 204 Å². The highest BCUT2D eigenvalue weighted by atomic mass is 35.5. The number of halogens is 1. The fourth-order valence-corrected chi connectivity index (χ4v) is 10.2. The lowest BCUT2D eigenvalue weighted by Crippen LogP contribution is -2.47. The number of H-pyrrole nitrogens is 1. The van der Waals surface area contributed by atoms with Crippen LogP contribution in [0.2, 0.25) is 5.02 Å². The highest BCUT2D eigenvalue weighted by molar-refractivity contribution is 7.89. The fourth-order valence-electron chi connectivity index (χ4n) is 9.48. The maximum atomic E-state index is 13.2. The Balaban J connectivity index is 0.933. The molecule has 0 unspecified atom stereocenters. The Bertz CT molecular complexity index is 2780. The molecule has 8 rings (SSSR count). The average Bonchev–Trinajstić information content (AvgIpc) is 3.80. The van der Waals surface area contributed by atoms with Crippen molar-refractivity contribution in [2.24, 2.45) is 16.5 Å². The van der Waals surface area contributed by atoms with E-state index < -0.39 is 31.5 Å². The van der Waals surface area contributed by atoms with E-state index in [1.165, 1.54) is 29.9 Å². The van der Waals surface area contributed by atoms with Gasteiger partial charge in [-0.1, -0.05) is 43.2 Å². The first-order chi connectivity index (χ1) is 33.1. The molecule has 4 heterocycles. The van der Waals surface area contributed by atoms with Crippen LogP contribution in [0.5, 0.6) is 17.2 Å². The van der Waals surface area contributed by atoms with Gasteiger partial charge in [0.05, 0.1) is 29.2 Å². The second kappa shape index (κ2) is 21.9. The maximum Gasteiger partial charge on any atom is 0.341 e. The van der Waals surface area contributed by atoms with Crippen molar-refractivity contribution in [1.29, 1.82) is 0 Å². The summed E-state index contributed by atoms with van der Waals surface area (Å²) in [6.07, 6.45) is 9.12. The zero-order valence-electron chi connectivity index (χ0n) is 39.6. The SMILES string of the molecule is COC(=O)c1ccc(N2CCN(CC3=C(c4ccc(Cl)cc4)CC(C)(C)CC3)CC2)cc1Oc1cc2cc[nH]c2nc1CCCCCOc1cc(S(N)(=O)=O)cc([N+](=O)[O-])c1NCC1CCOCC1. The van der Waals surface area contributed by atoms with Crippen LogP contribution in [-0.2, 0) is 25.9 Å². The van der Waals surface area contributed by atoms with Gasteiger partial charge in [0, 0.05) is 93.0 Å².